The molecular weight excluding hydrogens is 250 g/mol. The van der Waals surface area contributed by atoms with Crippen LogP contribution in [0.15, 0.2) is 16.7 Å². The van der Waals surface area contributed by atoms with Gasteiger partial charge in [0.2, 0.25) is 0 Å². The molecule has 108 valence electrons. The van der Waals surface area contributed by atoms with E-state index in [1.807, 2.05) is 20.0 Å². The molecule has 4 nitrogen and oxygen atoms in total. The molecule has 0 bridgehead atoms. The van der Waals surface area contributed by atoms with Crippen molar-refractivity contribution < 1.29 is 4.42 Å². The number of nitrogens with zero attached hydrogens (tertiary/aromatic N) is 2. The number of aromatic nitrogens is 2. The van der Waals surface area contributed by atoms with Crippen LogP contribution in [-0.4, -0.2) is 23.6 Å². The zero-order valence-electron chi connectivity index (χ0n) is 12.9. The van der Waals surface area contributed by atoms with Crippen LogP contribution in [0.1, 0.15) is 29.6 Å². The number of aryl methyl sites for hydroxylation is 3. The summed E-state index contributed by atoms with van der Waals surface area (Å²) in [6.45, 7) is 9.31. The first-order chi connectivity index (χ1) is 9.52. The molecular formula is C16H23N3O. The van der Waals surface area contributed by atoms with E-state index in [1.54, 1.807) is 6.26 Å². The maximum Gasteiger partial charge on any atom is 0.163 e. The Morgan fingerprint density at radius 2 is 1.85 bits per heavy atom. The Morgan fingerprint density at radius 1 is 1.20 bits per heavy atom. The molecule has 0 aliphatic carbocycles. The standard InChI is InChI=1S/C16H23N3O/c1-10(9-17-5)8-15-11(2)18-16(19-12(15)3)14-6-7-20-13(14)4/h6-7,10,17H,8-9H2,1-5H3. The number of furan rings is 1. The van der Waals surface area contributed by atoms with Gasteiger partial charge in [-0.25, -0.2) is 9.97 Å². The number of rotatable bonds is 5. The zero-order chi connectivity index (χ0) is 14.7. The van der Waals surface area contributed by atoms with Crippen molar-refractivity contribution in [3.8, 4) is 11.4 Å². The summed E-state index contributed by atoms with van der Waals surface area (Å²) < 4.78 is 5.34. The fraction of sp³-hybridized carbons (Fsp3) is 0.500. The van der Waals surface area contributed by atoms with Gasteiger partial charge in [-0.1, -0.05) is 6.92 Å². The van der Waals surface area contributed by atoms with E-state index < -0.39 is 0 Å². The Morgan fingerprint density at radius 3 is 2.35 bits per heavy atom. The molecule has 0 spiro atoms. The van der Waals surface area contributed by atoms with Crippen molar-refractivity contribution in [3.05, 3.63) is 35.0 Å². The lowest BCUT2D eigenvalue weighted by Gasteiger charge is -2.15. The lowest BCUT2D eigenvalue weighted by Crippen LogP contribution is -2.19. The van der Waals surface area contributed by atoms with Crippen molar-refractivity contribution in [2.75, 3.05) is 13.6 Å². The molecule has 20 heavy (non-hydrogen) atoms. The third kappa shape index (κ3) is 3.07. The van der Waals surface area contributed by atoms with Gasteiger partial charge < -0.3 is 9.73 Å². The second kappa shape index (κ2) is 6.18. The summed E-state index contributed by atoms with van der Waals surface area (Å²) in [7, 11) is 1.98. The molecule has 4 heteroatoms. The molecule has 0 amide bonds. The van der Waals surface area contributed by atoms with E-state index in [4.69, 9.17) is 4.42 Å². The molecule has 0 saturated carbocycles. The molecule has 0 aliphatic rings. The second-order valence-electron chi connectivity index (χ2n) is 5.45. The Hall–Kier alpha value is -1.68. The summed E-state index contributed by atoms with van der Waals surface area (Å²) in [6, 6.07) is 1.92. The Bertz CT molecular complexity index is 566. The van der Waals surface area contributed by atoms with Crippen LogP contribution in [0.3, 0.4) is 0 Å². The highest BCUT2D eigenvalue weighted by atomic mass is 16.3. The highest BCUT2D eigenvalue weighted by Crippen LogP contribution is 2.24. The van der Waals surface area contributed by atoms with E-state index in [2.05, 4.69) is 36.1 Å². The largest absolute Gasteiger partial charge is 0.469 e. The molecule has 1 atom stereocenters. The maximum absolute atomic E-state index is 5.34. The summed E-state index contributed by atoms with van der Waals surface area (Å²) >= 11 is 0. The summed E-state index contributed by atoms with van der Waals surface area (Å²) in [6.07, 6.45) is 2.69. The van der Waals surface area contributed by atoms with Gasteiger partial charge in [-0.3, -0.25) is 0 Å². The molecule has 2 aromatic rings. The van der Waals surface area contributed by atoms with Gasteiger partial charge in [-0.15, -0.1) is 0 Å². The minimum absolute atomic E-state index is 0.572. The monoisotopic (exact) mass is 273 g/mol. The molecule has 2 heterocycles. The minimum atomic E-state index is 0.572. The van der Waals surface area contributed by atoms with E-state index in [0.29, 0.717) is 5.92 Å². The molecule has 0 saturated heterocycles. The third-order valence-electron chi connectivity index (χ3n) is 3.63. The van der Waals surface area contributed by atoms with Gasteiger partial charge in [-0.05, 0) is 58.3 Å². The topological polar surface area (TPSA) is 51.0 Å². The van der Waals surface area contributed by atoms with Crippen LogP contribution >= 0.6 is 0 Å². The van der Waals surface area contributed by atoms with Crippen LogP contribution in [0.5, 0.6) is 0 Å². The first-order valence-corrected chi connectivity index (χ1v) is 7.06. The van der Waals surface area contributed by atoms with E-state index in [1.165, 1.54) is 5.56 Å². The van der Waals surface area contributed by atoms with Crippen LogP contribution < -0.4 is 5.32 Å². The van der Waals surface area contributed by atoms with Crippen molar-refractivity contribution in [2.24, 2.45) is 5.92 Å². The van der Waals surface area contributed by atoms with Crippen molar-refractivity contribution in [2.45, 2.75) is 34.1 Å². The Kier molecular flexibility index (Phi) is 4.55. The molecule has 0 aromatic carbocycles. The van der Waals surface area contributed by atoms with Gasteiger partial charge in [0.25, 0.3) is 0 Å². The maximum atomic E-state index is 5.34. The number of hydrogen-bond acceptors (Lipinski definition) is 4. The summed E-state index contributed by atoms with van der Waals surface area (Å²) in [4.78, 5) is 9.32. The van der Waals surface area contributed by atoms with Gasteiger partial charge >= 0.3 is 0 Å². The minimum Gasteiger partial charge on any atom is -0.469 e. The highest BCUT2D eigenvalue weighted by Gasteiger charge is 2.14. The van der Waals surface area contributed by atoms with Crippen molar-refractivity contribution in [1.29, 1.82) is 0 Å². The summed E-state index contributed by atoms with van der Waals surface area (Å²) in [5, 5.41) is 3.21. The van der Waals surface area contributed by atoms with Gasteiger partial charge in [0.1, 0.15) is 5.76 Å². The predicted octanol–water partition coefficient (Wildman–Crippen LogP) is 3.06. The SMILES string of the molecule is CNCC(C)Cc1c(C)nc(-c2ccoc2C)nc1C. The Labute approximate surface area is 120 Å². The van der Waals surface area contributed by atoms with Gasteiger partial charge in [-0.2, -0.15) is 0 Å². The smallest absolute Gasteiger partial charge is 0.163 e. The lowest BCUT2D eigenvalue weighted by molar-refractivity contribution is 0.534. The van der Waals surface area contributed by atoms with Gasteiger partial charge in [0, 0.05) is 11.4 Å². The molecule has 0 radical (unpaired) electrons. The van der Waals surface area contributed by atoms with Crippen LogP contribution in [0.2, 0.25) is 0 Å². The average Bonchev–Trinajstić information content (AvgIpc) is 2.80. The Balaban J connectivity index is 2.32. The van der Waals surface area contributed by atoms with Gasteiger partial charge in [0.05, 0.1) is 11.8 Å². The second-order valence-corrected chi connectivity index (χ2v) is 5.45. The van der Waals surface area contributed by atoms with E-state index in [9.17, 15) is 0 Å². The summed E-state index contributed by atoms with van der Waals surface area (Å²) in [5.41, 5.74) is 4.37. The molecule has 1 unspecified atom stereocenters. The molecule has 2 aromatic heterocycles. The van der Waals surface area contributed by atoms with Crippen LogP contribution in [0, 0.1) is 26.7 Å². The predicted molar refractivity (Wildman–Crippen MR) is 80.7 cm³/mol. The first kappa shape index (κ1) is 14.7. The van der Waals surface area contributed by atoms with Crippen molar-refractivity contribution in [1.82, 2.24) is 15.3 Å². The average molecular weight is 273 g/mol. The molecule has 0 aliphatic heterocycles. The van der Waals surface area contributed by atoms with E-state index in [-0.39, 0.29) is 0 Å². The molecule has 0 fully saturated rings. The fourth-order valence-electron chi connectivity index (χ4n) is 2.54. The molecule has 2 rings (SSSR count). The zero-order valence-corrected chi connectivity index (χ0v) is 12.9. The van der Waals surface area contributed by atoms with Crippen molar-refractivity contribution in [3.63, 3.8) is 0 Å². The van der Waals surface area contributed by atoms with Crippen LogP contribution in [0.4, 0.5) is 0 Å². The number of hydrogen-bond donors (Lipinski definition) is 1. The lowest BCUT2D eigenvalue weighted by atomic mass is 9.98. The van der Waals surface area contributed by atoms with Gasteiger partial charge in [0.15, 0.2) is 5.82 Å². The quantitative estimate of drug-likeness (QED) is 0.909. The third-order valence-corrected chi connectivity index (χ3v) is 3.63. The highest BCUT2D eigenvalue weighted by molar-refractivity contribution is 5.57. The number of nitrogens with one attached hydrogen (secondary N) is 1. The normalized spacial score (nSPS) is 12.7. The van der Waals surface area contributed by atoms with E-state index >= 15 is 0 Å². The first-order valence-electron chi connectivity index (χ1n) is 7.06. The van der Waals surface area contributed by atoms with Crippen molar-refractivity contribution >= 4 is 0 Å². The van der Waals surface area contributed by atoms with Crippen LogP contribution in [-0.2, 0) is 6.42 Å². The molecule has 1 N–H and O–H groups in total. The fourth-order valence-corrected chi connectivity index (χ4v) is 2.54. The van der Waals surface area contributed by atoms with Crippen LogP contribution in [0.25, 0.3) is 11.4 Å². The van der Waals surface area contributed by atoms with E-state index in [0.717, 1.165) is 41.5 Å². The summed E-state index contributed by atoms with van der Waals surface area (Å²) in [5.74, 6) is 2.19.